The summed E-state index contributed by atoms with van der Waals surface area (Å²) in [4.78, 5) is 28.5. The van der Waals surface area contributed by atoms with Gasteiger partial charge in [0, 0.05) is 12.4 Å². The molecule has 4 rings (SSSR count). The van der Waals surface area contributed by atoms with Crippen LogP contribution in [0.4, 0.5) is 0 Å². The number of rotatable bonds is 0. The predicted octanol–water partition coefficient (Wildman–Crippen LogP) is 0.423. The molecule has 98 valence electrons. The Labute approximate surface area is 111 Å². The van der Waals surface area contributed by atoms with E-state index in [4.69, 9.17) is 0 Å². The van der Waals surface area contributed by atoms with Gasteiger partial charge in [0.25, 0.3) is 5.56 Å². The Bertz CT molecular complexity index is 1100. The highest BCUT2D eigenvalue weighted by atomic mass is 16.2. The van der Waals surface area contributed by atoms with Gasteiger partial charge in [0.15, 0.2) is 5.65 Å². The largest absolute Gasteiger partial charge is 0.348 e. The Hall–Kier alpha value is -2.96. The normalized spacial score (nSPS) is 11.7. The standard InChI is InChI=1S/C13H9N5O2/c1-17-10-9(6-7-4-2-3-5-8(7)14-10)18-11(12(17)19)15-16-13(18)20/h2-6H,1H3,(H,16,20). The van der Waals surface area contributed by atoms with Crippen LogP contribution >= 0.6 is 0 Å². The van der Waals surface area contributed by atoms with Crippen LogP contribution < -0.4 is 11.2 Å². The average molecular weight is 267 g/mol. The zero-order valence-electron chi connectivity index (χ0n) is 10.5. The van der Waals surface area contributed by atoms with Gasteiger partial charge in [-0.05, 0) is 12.1 Å². The van der Waals surface area contributed by atoms with Gasteiger partial charge in [-0.25, -0.2) is 19.3 Å². The Balaban J connectivity index is 2.43. The molecule has 0 aliphatic rings. The molecule has 0 saturated heterocycles. The number of aromatic nitrogens is 5. The van der Waals surface area contributed by atoms with Gasteiger partial charge >= 0.3 is 5.69 Å². The van der Waals surface area contributed by atoms with Crippen molar-refractivity contribution in [2.75, 3.05) is 0 Å². The van der Waals surface area contributed by atoms with Crippen molar-refractivity contribution in [3.63, 3.8) is 0 Å². The van der Waals surface area contributed by atoms with Gasteiger partial charge in [0.05, 0.1) is 11.0 Å². The van der Waals surface area contributed by atoms with Gasteiger partial charge in [-0.1, -0.05) is 18.2 Å². The third-order valence-corrected chi connectivity index (χ3v) is 3.41. The van der Waals surface area contributed by atoms with E-state index >= 15 is 0 Å². The number of fused-ring (bicyclic) bond motifs is 4. The second-order valence-corrected chi connectivity index (χ2v) is 4.58. The van der Waals surface area contributed by atoms with Crippen molar-refractivity contribution in [2.45, 2.75) is 0 Å². The van der Waals surface area contributed by atoms with Crippen molar-refractivity contribution in [2.24, 2.45) is 7.05 Å². The zero-order chi connectivity index (χ0) is 13.9. The molecule has 1 N–H and O–H groups in total. The predicted molar refractivity (Wildman–Crippen MR) is 73.9 cm³/mol. The summed E-state index contributed by atoms with van der Waals surface area (Å²) in [6.45, 7) is 0. The van der Waals surface area contributed by atoms with E-state index < -0.39 is 5.69 Å². The minimum absolute atomic E-state index is 0.0714. The summed E-state index contributed by atoms with van der Waals surface area (Å²) >= 11 is 0. The summed E-state index contributed by atoms with van der Waals surface area (Å²) < 4.78 is 2.66. The maximum atomic E-state index is 12.2. The van der Waals surface area contributed by atoms with E-state index in [9.17, 15) is 9.59 Å². The van der Waals surface area contributed by atoms with Crippen LogP contribution in [0.1, 0.15) is 0 Å². The molecule has 3 heterocycles. The molecule has 1 aromatic carbocycles. The van der Waals surface area contributed by atoms with E-state index in [2.05, 4.69) is 15.2 Å². The zero-order valence-corrected chi connectivity index (χ0v) is 10.5. The van der Waals surface area contributed by atoms with Crippen LogP contribution in [0.5, 0.6) is 0 Å². The lowest BCUT2D eigenvalue weighted by atomic mass is 10.2. The van der Waals surface area contributed by atoms with Crippen LogP contribution in [0.25, 0.3) is 27.7 Å². The molecule has 0 amide bonds. The fourth-order valence-corrected chi connectivity index (χ4v) is 2.42. The number of pyridine rings is 1. The third-order valence-electron chi connectivity index (χ3n) is 3.41. The number of nitrogens with one attached hydrogen (secondary N) is 1. The van der Waals surface area contributed by atoms with Crippen molar-refractivity contribution in [1.29, 1.82) is 0 Å². The quantitative estimate of drug-likeness (QED) is 0.468. The van der Waals surface area contributed by atoms with Crippen molar-refractivity contribution in [3.05, 3.63) is 51.2 Å². The molecule has 0 aliphatic carbocycles. The van der Waals surface area contributed by atoms with Crippen LogP contribution in [0.15, 0.2) is 39.9 Å². The van der Waals surface area contributed by atoms with E-state index in [0.717, 1.165) is 10.9 Å². The van der Waals surface area contributed by atoms with E-state index in [1.807, 2.05) is 30.3 Å². The first-order chi connectivity index (χ1) is 9.66. The Morgan fingerprint density at radius 1 is 1.15 bits per heavy atom. The van der Waals surface area contributed by atoms with Gasteiger partial charge in [-0.2, -0.15) is 0 Å². The van der Waals surface area contributed by atoms with Crippen molar-refractivity contribution >= 4 is 27.7 Å². The molecule has 7 nitrogen and oxygen atoms in total. The van der Waals surface area contributed by atoms with E-state index in [-0.39, 0.29) is 11.2 Å². The minimum Gasteiger partial charge on any atom is -0.291 e. The SMILES string of the molecule is Cn1c(=O)c2n[nH]c(=O)n2c2cc3ccccc3nc21. The van der Waals surface area contributed by atoms with E-state index in [1.54, 1.807) is 7.05 Å². The monoisotopic (exact) mass is 267 g/mol. The van der Waals surface area contributed by atoms with Gasteiger partial charge in [-0.3, -0.25) is 9.36 Å². The molecule has 3 aromatic heterocycles. The molecule has 0 aliphatic heterocycles. The van der Waals surface area contributed by atoms with Crippen LogP contribution in [0.2, 0.25) is 0 Å². The second-order valence-electron chi connectivity index (χ2n) is 4.58. The number of hydrogen-bond acceptors (Lipinski definition) is 4. The lowest BCUT2D eigenvalue weighted by molar-refractivity contribution is 0.877. The average Bonchev–Trinajstić information content (AvgIpc) is 2.85. The topological polar surface area (TPSA) is 85.0 Å². The number of para-hydroxylation sites is 1. The number of aryl methyl sites for hydroxylation is 1. The van der Waals surface area contributed by atoms with Crippen LogP contribution in [-0.4, -0.2) is 24.1 Å². The van der Waals surface area contributed by atoms with Gasteiger partial charge in [0.2, 0.25) is 5.65 Å². The molecule has 0 unspecified atom stereocenters. The van der Waals surface area contributed by atoms with Crippen molar-refractivity contribution in [3.8, 4) is 0 Å². The van der Waals surface area contributed by atoms with Gasteiger partial charge in [0.1, 0.15) is 0 Å². The van der Waals surface area contributed by atoms with Crippen LogP contribution in [-0.2, 0) is 7.05 Å². The first kappa shape index (κ1) is 10.9. The Morgan fingerprint density at radius 3 is 2.80 bits per heavy atom. The summed E-state index contributed by atoms with van der Waals surface area (Å²) in [6.07, 6.45) is 0. The molecule has 4 aromatic rings. The van der Waals surface area contributed by atoms with Gasteiger partial charge in [-0.15, -0.1) is 5.10 Å². The molecule has 20 heavy (non-hydrogen) atoms. The number of aromatic amines is 1. The summed E-state index contributed by atoms with van der Waals surface area (Å²) in [6, 6.07) is 9.38. The maximum absolute atomic E-state index is 12.2. The molecule has 0 saturated carbocycles. The molecule has 0 fully saturated rings. The molecule has 0 radical (unpaired) electrons. The molecule has 0 atom stereocenters. The first-order valence-electron chi connectivity index (χ1n) is 6.02. The highest BCUT2D eigenvalue weighted by molar-refractivity contribution is 5.90. The Kier molecular flexibility index (Phi) is 1.93. The second kappa shape index (κ2) is 3.53. The maximum Gasteiger partial charge on any atom is 0.348 e. The third kappa shape index (κ3) is 1.23. The van der Waals surface area contributed by atoms with Gasteiger partial charge < -0.3 is 0 Å². The summed E-state index contributed by atoms with van der Waals surface area (Å²) in [5.74, 6) is 0. The fraction of sp³-hybridized carbons (Fsp3) is 0.0769. The Morgan fingerprint density at radius 2 is 1.95 bits per heavy atom. The highest BCUT2D eigenvalue weighted by Gasteiger charge is 2.14. The summed E-state index contributed by atoms with van der Waals surface area (Å²) in [5, 5.41) is 6.97. The number of benzene rings is 1. The number of hydrogen-bond donors (Lipinski definition) is 1. The minimum atomic E-state index is -0.445. The highest BCUT2D eigenvalue weighted by Crippen LogP contribution is 2.17. The van der Waals surface area contributed by atoms with Crippen molar-refractivity contribution in [1.82, 2.24) is 24.1 Å². The summed E-state index contributed by atoms with van der Waals surface area (Å²) in [5.41, 5.74) is 1.04. The molecular weight excluding hydrogens is 258 g/mol. The first-order valence-corrected chi connectivity index (χ1v) is 6.02. The van der Waals surface area contributed by atoms with Crippen LogP contribution in [0, 0.1) is 0 Å². The van der Waals surface area contributed by atoms with Crippen LogP contribution in [0.3, 0.4) is 0 Å². The summed E-state index contributed by atoms with van der Waals surface area (Å²) in [7, 11) is 1.62. The van der Waals surface area contributed by atoms with Crippen molar-refractivity contribution < 1.29 is 0 Å². The lowest BCUT2D eigenvalue weighted by Gasteiger charge is -2.07. The smallest absolute Gasteiger partial charge is 0.291 e. The number of nitrogens with zero attached hydrogens (tertiary/aromatic N) is 4. The fourth-order valence-electron chi connectivity index (χ4n) is 2.42. The lowest BCUT2D eigenvalue weighted by Crippen LogP contribution is -2.24. The molecule has 7 heteroatoms. The molecular formula is C13H9N5O2. The molecule has 0 spiro atoms. The number of H-pyrrole nitrogens is 1. The van der Waals surface area contributed by atoms with E-state index in [0.29, 0.717) is 11.2 Å². The van der Waals surface area contributed by atoms with E-state index in [1.165, 1.54) is 8.97 Å². The molecule has 0 bridgehead atoms.